The van der Waals surface area contributed by atoms with Crippen LogP contribution in [-0.2, 0) is 4.79 Å². The Labute approximate surface area is 69.5 Å². The fourth-order valence-corrected chi connectivity index (χ4v) is 0.607. The number of ketones is 1. The van der Waals surface area contributed by atoms with Gasteiger partial charge in [0.1, 0.15) is 0 Å². The molecule has 0 aromatic rings. The predicted octanol–water partition coefficient (Wildman–Crippen LogP) is 2.96. The van der Waals surface area contributed by atoms with Crippen molar-refractivity contribution in [1.29, 1.82) is 0 Å². The van der Waals surface area contributed by atoms with Gasteiger partial charge in [-0.3, -0.25) is 4.79 Å². The van der Waals surface area contributed by atoms with E-state index in [1.54, 1.807) is 6.08 Å². The highest BCUT2D eigenvalue weighted by atomic mass is 16.1. The predicted molar refractivity (Wildman–Crippen MR) is 48.5 cm³/mol. The lowest BCUT2D eigenvalue weighted by Crippen LogP contribution is -2.17. The van der Waals surface area contributed by atoms with Crippen molar-refractivity contribution in [2.24, 2.45) is 5.41 Å². The number of carbonyl (C=O) groups is 1. The second-order valence-electron chi connectivity index (χ2n) is 3.81. The molecular weight excluding hydrogens is 136 g/mol. The van der Waals surface area contributed by atoms with Gasteiger partial charge in [0.15, 0.2) is 5.78 Å². The molecule has 0 amide bonds. The molecule has 0 rings (SSSR count). The Hall–Kier alpha value is -0.590. The Morgan fingerprint density at radius 2 is 1.91 bits per heavy atom. The standard InChI is InChI=1S/C10H18O/c1-5-6-7-8-9(11)10(2,3)4/h7-8H,5-6H2,1-4H3/b8-7+. The first-order valence-corrected chi connectivity index (χ1v) is 4.19. The van der Waals surface area contributed by atoms with E-state index in [0.717, 1.165) is 12.8 Å². The highest BCUT2D eigenvalue weighted by Gasteiger charge is 2.17. The molecule has 64 valence electrons. The molecule has 0 spiro atoms. The first kappa shape index (κ1) is 10.4. The molecule has 11 heavy (non-hydrogen) atoms. The van der Waals surface area contributed by atoms with Crippen LogP contribution in [0, 0.1) is 5.41 Å². The summed E-state index contributed by atoms with van der Waals surface area (Å²) in [6.07, 6.45) is 5.76. The molecule has 0 aliphatic rings. The van der Waals surface area contributed by atoms with Gasteiger partial charge in [-0.05, 0) is 12.5 Å². The van der Waals surface area contributed by atoms with Crippen LogP contribution >= 0.6 is 0 Å². The topological polar surface area (TPSA) is 17.1 Å². The lowest BCUT2D eigenvalue weighted by atomic mass is 9.90. The summed E-state index contributed by atoms with van der Waals surface area (Å²) in [6.45, 7) is 7.91. The van der Waals surface area contributed by atoms with Crippen LogP contribution in [0.2, 0.25) is 0 Å². The summed E-state index contributed by atoms with van der Waals surface area (Å²) < 4.78 is 0. The van der Waals surface area contributed by atoms with Crippen LogP contribution in [0.15, 0.2) is 12.2 Å². The fraction of sp³-hybridized carbons (Fsp3) is 0.700. The Kier molecular flexibility index (Phi) is 4.09. The van der Waals surface area contributed by atoms with Crippen LogP contribution < -0.4 is 0 Å². The molecule has 1 nitrogen and oxygen atoms in total. The van der Waals surface area contributed by atoms with Crippen molar-refractivity contribution in [1.82, 2.24) is 0 Å². The zero-order chi connectivity index (χ0) is 8.91. The Morgan fingerprint density at radius 1 is 1.36 bits per heavy atom. The monoisotopic (exact) mass is 154 g/mol. The molecule has 0 radical (unpaired) electrons. The largest absolute Gasteiger partial charge is 0.294 e. The molecule has 0 saturated heterocycles. The first-order chi connectivity index (χ1) is 4.98. The van der Waals surface area contributed by atoms with Crippen LogP contribution in [0.3, 0.4) is 0 Å². The van der Waals surface area contributed by atoms with Crippen molar-refractivity contribution in [2.75, 3.05) is 0 Å². The quantitative estimate of drug-likeness (QED) is 0.571. The third-order valence-electron chi connectivity index (χ3n) is 1.46. The molecule has 0 aliphatic heterocycles. The molecule has 0 aliphatic carbocycles. The van der Waals surface area contributed by atoms with Gasteiger partial charge in [-0.1, -0.05) is 40.2 Å². The van der Waals surface area contributed by atoms with Crippen molar-refractivity contribution in [2.45, 2.75) is 40.5 Å². The van der Waals surface area contributed by atoms with E-state index in [2.05, 4.69) is 6.92 Å². The second-order valence-corrected chi connectivity index (χ2v) is 3.81. The van der Waals surface area contributed by atoms with E-state index in [9.17, 15) is 4.79 Å². The lowest BCUT2D eigenvalue weighted by molar-refractivity contribution is -0.121. The van der Waals surface area contributed by atoms with Gasteiger partial charge in [-0.25, -0.2) is 0 Å². The van der Waals surface area contributed by atoms with E-state index < -0.39 is 0 Å². The summed E-state index contributed by atoms with van der Waals surface area (Å²) in [4.78, 5) is 11.3. The van der Waals surface area contributed by atoms with Crippen LogP contribution in [0.4, 0.5) is 0 Å². The zero-order valence-corrected chi connectivity index (χ0v) is 7.98. The van der Waals surface area contributed by atoms with Crippen LogP contribution in [-0.4, -0.2) is 5.78 Å². The normalized spacial score (nSPS) is 12.4. The molecule has 0 heterocycles. The van der Waals surface area contributed by atoms with Crippen molar-refractivity contribution in [3.8, 4) is 0 Å². The van der Waals surface area contributed by atoms with Gasteiger partial charge in [-0.2, -0.15) is 0 Å². The van der Waals surface area contributed by atoms with Gasteiger partial charge >= 0.3 is 0 Å². The summed E-state index contributed by atoms with van der Waals surface area (Å²) in [5, 5.41) is 0. The molecule has 0 fully saturated rings. The van der Waals surface area contributed by atoms with Gasteiger partial charge in [0.2, 0.25) is 0 Å². The van der Waals surface area contributed by atoms with E-state index >= 15 is 0 Å². The fourth-order valence-electron chi connectivity index (χ4n) is 0.607. The minimum Gasteiger partial charge on any atom is -0.294 e. The maximum atomic E-state index is 11.3. The highest BCUT2D eigenvalue weighted by molar-refractivity contribution is 5.93. The maximum Gasteiger partial charge on any atom is 0.160 e. The zero-order valence-electron chi connectivity index (χ0n) is 7.98. The van der Waals surface area contributed by atoms with E-state index in [0.29, 0.717) is 0 Å². The van der Waals surface area contributed by atoms with E-state index in [1.807, 2.05) is 26.8 Å². The molecule has 0 aromatic carbocycles. The second kappa shape index (κ2) is 4.32. The van der Waals surface area contributed by atoms with Crippen molar-refractivity contribution < 1.29 is 4.79 Å². The van der Waals surface area contributed by atoms with Crippen molar-refractivity contribution in [3.63, 3.8) is 0 Å². The van der Waals surface area contributed by atoms with Gasteiger partial charge in [0.05, 0.1) is 0 Å². The summed E-state index contributed by atoms with van der Waals surface area (Å²) in [7, 11) is 0. The van der Waals surface area contributed by atoms with E-state index in [1.165, 1.54) is 0 Å². The average molecular weight is 154 g/mol. The van der Waals surface area contributed by atoms with Crippen molar-refractivity contribution in [3.05, 3.63) is 12.2 Å². The van der Waals surface area contributed by atoms with Gasteiger partial charge in [0.25, 0.3) is 0 Å². The van der Waals surface area contributed by atoms with E-state index in [-0.39, 0.29) is 11.2 Å². The van der Waals surface area contributed by atoms with Crippen LogP contribution in [0.25, 0.3) is 0 Å². The summed E-state index contributed by atoms with van der Waals surface area (Å²) in [5.74, 6) is 0.214. The Bertz CT molecular complexity index is 149. The molecule has 0 bridgehead atoms. The molecule has 0 atom stereocenters. The third kappa shape index (κ3) is 4.77. The van der Waals surface area contributed by atoms with Crippen LogP contribution in [0.1, 0.15) is 40.5 Å². The summed E-state index contributed by atoms with van der Waals surface area (Å²) in [6, 6.07) is 0. The molecular formula is C10H18O. The highest BCUT2D eigenvalue weighted by Crippen LogP contribution is 2.14. The molecule has 1 heteroatoms. The molecule has 0 saturated carbocycles. The SMILES string of the molecule is CCC/C=C/C(=O)C(C)(C)C. The number of rotatable bonds is 3. The lowest BCUT2D eigenvalue weighted by Gasteiger charge is -2.12. The van der Waals surface area contributed by atoms with Gasteiger partial charge in [-0.15, -0.1) is 0 Å². The van der Waals surface area contributed by atoms with E-state index in [4.69, 9.17) is 0 Å². The Morgan fingerprint density at radius 3 is 2.27 bits per heavy atom. The number of carbonyl (C=O) groups excluding carboxylic acids is 1. The number of allylic oxidation sites excluding steroid dienone is 2. The Balaban J connectivity index is 3.88. The third-order valence-corrected chi connectivity index (χ3v) is 1.46. The van der Waals surface area contributed by atoms with Gasteiger partial charge < -0.3 is 0 Å². The number of hydrogen-bond donors (Lipinski definition) is 0. The first-order valence-electron chi connectivity index (χ1n) is 4.19. The average Bonchev–Trinajstić information content (AvgIpc) is 1.86. The van der Waals surface area contributed by atoms with Crippen LogP contribution in [0.5, 0.6) is 0 Å². The van der Waals surface area contributed by atoms with Crippen molar-refractivity contribution >= 4 is 5.78 Å². The maximum absolute atomic E-state index is 11.3. The summed E-state index contributed by atoms with van der Waals surface area (Å²) >= 11 is 0. The number of hydrogen-bond acceptors (Lipinski definition) is 1. The minimum absolute atomic E-state index is 0.214. The summed E-state index contributed by atoms with van der Waals surface area (Å²) in [5.41, 5.74) is -0.218. The molecule has 0 unspecified atom stereocenters. The minimum atomic E-state index is -0.218. The molecule has 0 aromatic heterocycles. The van der Waals surface area contributed by atoms with Gasteiger partial charge in [0, 0.05) is 5.41 Å². The number of unbranched alkanes of at least 4 members (excludes halogenated alkanes) is 1. The molecule has 0 N–H and O–H groups in total. The smallest absolute Gasteiger partial charge is 0.160 e.